The Morgan fingerprint density at radius 1 is 0.677 bits per heavy atom. The van der Waals surface area contributed by atoms with Gasteiger partial charge in [-0.1, -0.05) is 38.1 Å². The van der Waals surface area contributed by atoms with Crippen molar-refractivity contribution in [3.8, 4) is 11.5 Å². The van der Waals surface area contributed by atoms with Crippen molar-refractivity contribution in [3.05, 3.63) is 59.7 Å². The van der Waals surface area contributed by atoms with Crippen molar-refractivity contribution >= 4 is 0 Å². The molecule has 172 valence electrons. The van der Waals surface area contributed by atoms with Crippen molar-refractivity contribution in [3.63, 3.8) is 0 Å². The lowest BCUT2D eigenvalue weighted by atomic mass is 9.78. The van der Waals surface area contributed by atoms with Crippen LogP contribution in [-0.2, 0) is 5.41 Å². The number of aliphatic hydroxyl groups excluding tert-OH is 2. The Morgan fingerprint density at radius 2 is 1.00 bits per heavy atom. The summed E-state index contributed by atoms with van der Waals surface area (Å²) in [5.41, 5.74) is 2.17. The number of hydrogen-bond donors (Lipinski definition) is 4. The van der Waals surface area contributed by atoms with E-state index in [0.717, 1.165) is 11.5 Å². The molecule has 31 heavy (non-hydrogen) atoms. The molecule has 2 aromatic rings. The topological polar surface area (TPSA) is 67.8 Å². The van der Waals surface area contributed by atoms with Gasteiger partial charge < -0.3 is 29.5 Å². The number of ether oxygens (including phenoxy) is 2. The first-order valence-corrected chi connectivity index (χ1v) is 11.0. The molecule has 0 unspecified atom stereocenters. The zero-order valence-corrected chi connectivity index (χ0v) is 19.8. The van der Waals surface area contributed by atoms with E-state index in [9.17, 15) is 10.2 Å². The summed E-state index contributed by atoms with van der Waals surface area (Å²) in [4.78, 5) is 2.38. The highest BCUT2D eigenvalue weighted by atomic mass is 16.5. The maximum Gasteiger partial charge on any atom is 0.137 e. The lowest BCUT2D eigenvalue weighted by Crippen LogP contribution is -3.07. The van der Waals surface area contributed by atoms with Gasteiger partial charge >= 0.3 is 0 Å². The van der Waals surface area contributed by atoms with Gasteiger partial charge in [-0.3, -0.25) is 0 Å². The quantitative estimate of drug-likeness (QED) is 0.375. The normalized spacial score (nSPS) is 14.0. The van der Waals surface area contributed by atoms with E-state index in [1.165, 1.54) is 20.9 Å². The highest BCUT2D eigenvalue weighted by molar-refractivity contribution is 5.41. The molecule has 6 heteroatoms. The Balaban J connectivity index is 1.96. The minimum Gasteiger partial charge on any atom is -0.491 e. The number of benzene rings is 2. The fourth-order valence-corrected chi connectivity index (χ4v) is 3.55. The zero-order valence-electron chi connectivity index (χ0n) is 19.8. The van der Waals surface area contributed by atoms with Crippen LogP contribution in [0.1, 0.15) is 25.0 Å². The maximum atomic E-state index is 9.97. The summed E-state index contributed by atoms with van der Waals surface area (Å²) >= 11 is 0. The van der Waals surface area contributed by atoms with Crippen LogP contribution in [0.25, 0.3) is 0 Å². The summed E-state index contributed by atoms with van der Waals surface area (Å²) in [5.74, 6) is 1.52. The number of aliphatic hydroxyl groups is 2. The third-order valence-corrected chi connectivity index (χ3v) is 5.32. The fourth-order valence-electron chi connectivity index (χ4n) is 3.55. The predicted octanol–water partition coefficient (Wildman–Crippen LogP) is -0.219. The Labute approximate surface area is 187 Å². The predicted molar refractivity (Wildman–Crippen MR) is 123 cm³/mol. The summed E-state index contributed by atoms with van der Waals surface area (Å²) < 4.78 is 11.5. The van der Waals surface area contributed by atoms with Gasteiger partial charge in [0, 0.05) is 5.41 Å². The number of hydrogen-bond acceptors (Lipinski definition) is 4. The first-order chi connectivity index (χ1) is 14.6. The van der Waals surface area contributed by atoms with Crippen molar-refractivity contribution in [2.45, 2.75) is 31.5 Å². The van der Waals surface area contributed by atoms with Crippen LogP contribution in [0, 0.1) is 0 Å². The molecule has 0 aliphatic heterocycles. The van der Waals surface area contributed by atoms with Gasteiger partial charge in [0.05, 0.1) is 28.2 Å². The molecule has 0 radical (unpaired) electrons. The lowest BCUT2D eigenvalue weighted by molar-refractivity contribution is -0.861. The van der Waals surface area contributed by atoms with Gasteiger partial charge in [0.25, 0.3) is 0 Å². The molecule has 2 aromatic carbocycles. The van der Waals surface area contributed by atoms with Gasteiger partial charge in [-0.2, -0.15) is 0 Å². The Morgan fingerprint density at radius 3 is 1.29 bits per heavy atom. The average molecular weight is 433 g/mol. The number of nitrogens with one attached hydrogen (secondary N) is 2. The Bertz CT molecular complexity index is 708. The zero-order chi connectivity index (χ0) is 23.0. The van der Waals surface area contributed by atoms with E-state index in [1.54, 1.807) is 0 Å². The molecule has 0 saturated heterocycles. The van der Waals surface area contributed by atoms with E-state index in [4.69, 9.17) is 9.47 Å². The van der Waals surface area contributed by atoms with Gasteiger partial charge in [-0.05, 0) is 35.4 Å². The molecule has 0 bridgehead atoms. The lowest BCUT2D eigenvalue weighted by Gasteiger charge is -2.26. The van der Waals surface area contributed by atoms with Crippen LogP contribution in [0.4, 0.5) is 0 Å². The average Bonchev–Trinajstić information content (AvgIpc) is 2.70. The van der Waals surface area contributed by atoms with E-state index in [0.29, 0.717) is 26.3 Å². The van der Waals surface area contributed by atoms with Crippen molar-refractivity contribution in [2.24, 2.45) is 0 Å². The summed E-state index contributed by atoms with van der Waals surface area (Å²) in [6.45, 7) is 6.26. The SMILES string of the molecule is C[NH+](C)C[C@@H](O)COc1ccc(C(C)(C)c2ccc(OC[C@H](O)C[NH+](C)C)cc2)cc1. The van der Waals surface area contributed by atoms with Crippen LogP contribution in [0.2, 0.25) is 0 Å². The third-order valence-electron chi connectivity index (χ3n) is 5.32. The van der Waals surface area contributed by atoms with Crippen LogP contribution < -0.4 is 19.3 Å². The van der Waals surface area contributed by atoms with E-state index >= 15 is 0 Å². The van der Waals surface area contributed by atoms with Crippen LogP contribution >= 0.6 is 0 Å². The Hall–Kier alpha value is -2.12. The van der Waals surface area contributed by atoms with E-state index in [1.807, 2.05) is 52.5 Å². The second-order valence-electron chi connectivity index (χ2n) is 9.43. The second kappa shape index (κ2) is 11.5. The van der Waals surface area contributed by atoms with E-state index in [-0.39, 0.29) is 5.41 Å². The fraction of sp³-hybridized carbons (Fsp3) is 0.520. The molecule has 2 atom stereocenters. The summed E-state index contributed by atoms with van der Waals surface area (Å²) in [5, 5.41) is 19.9. The number of likely N-dealkylation sites (N-methyl/N-ethyl adjacent to an activating group) is 2. The van der Waals surface area contributed by atoms with Crippen molar-refractivity contribution in [1.29, 1.82) is 0 Å². The van der Waals surface area contributed by atoms with Crippen LogP contribution in [0.3, 0.4) is 0 Å². The van der Waals surface area contributed by atoms with E-state index < -0.39 is 12.2 Å². The first kappa shape index (κ1) is 25.1. The Kier molecular flexibility index (Phi) is 9.32. The molecule has 0 aromatic heterocycles. The van der Waals surface area contributed by atoms with E-state index in [2.05, 4.69) is 38.1 Å². The second-order valence-corrected chi connectivity index (χ2v) is 9.43. The summed E-state index contributed by atoms with van der Waals surface area (Å²) in [7, 11) is 8.03. The van der Waals surface area contributed by atoms with Crippen molar-refractivity contribution in [2.75, 3.05) is 54.5 Å². The number of quaternary nitrogens is 2. The highest BCUT2D eigenvalue weighted by Gasteiger charge is 2.23. The standard InChI is InChI=1S/C25H38N2O4/c1-25(2,19-7-11-23(12-8-19)30-17-21(28)15-26(3)4)20-9-13-24(14-10-20)31-18-22(29)16-27(5)6/h7-14,21-22,28-29H,15-18H2,1-6H3/p+2/t21-,22-/m1/s1. The smallest absolute Gasteiger partial charge is 0.137 e. The first-order valence-electron chi connectivity index (χ1n) is 11.0. The minimum absolute atomic E-state index is 0.182. The van der Waals surface area contributed by atoms with Crippen molar-refractivity contribution < 1.29 is 29.5 Å². The summed E-state index contributed by atoms with van der Waals surface area (Å²) in [6, 6.07) is 16.1. The van der Waals surface area contributed by atoms with Crippen LogP contribution in [0.5, 0.6) is 11.5 Å². The molecule has 6 nitrogen and oxygen atoms in total. The molecule has 0 saturated carbocycles. The molecule has 0 aliphatic rings. The molecule has 4 N–H and O–H groups in total. The maximum absolute atomic E-state index is 9.97. The molecule has 0 amide bonds. The molecule has 0 fully saturated rings. The van der Waals surface area contributed by atoms with Crippen LogP contribution in [0.15, 0.2) is 48.5 Å². The van der Waals surface area contributed by atoms with Crippen LogP contribution in [-0.4, -0.2) is 76.9 Å². The number of rotatable bonds is 12. The monoisotopic (exact) mass is 432 g/mol. The molecule has 0 aliphatic carbocycles. The van der Waals surface area contributed by atoms with Gasteiger partial charge in [0.15, 0.2) is 0 Å². The largest absolute Gasteiger partial charge is 0.491 e. The van der Waals surface area contributed by atoms with Gasteiger partial charge in [0.2, 0.25) is 0 Å². The molecular formula is C25H40N2O4+2. The molecule has 2 rings (SSSR count). The third kappa shape index (κ3) is 8.15. The minimum atomic E-state index is -0.480. The van der Waals surface area contributed by atoms with Gasteiger partial charge in [-0.25, -0.2) is 0 Å². The summed E-state index contributed by atoms with van der Waals surface area (Å²) in [6.07, 6.45) is -0.959. The highest BCUT2D eigenvalue weighted by Crippen LogP contribution is 2.33. The molecular weight excluding hydrogens is 392 g/mol. The molecule has 0 spiro atoms. The molecule has 0 heterocycles. The van der Waals surface area contributed by atoms with Gasteiger partial charge in [0.1, 0.15) is 50.0 Å². The van der Waals surface area contributed by atoms with Gasteiger partial charge in [-0.15, -0.1) is 0 Å². The van der Waals surface area contributed by atoms with Crippen molar-refractivity contribution in [1.82, 2.24) is 0 Å².